The van der Waals surface area contributed by atoms with Gasteiger partial charge < -0.3 is 9.80 Å². The van der Waals surface area contributed by atoms with Gasteiger partial charge in [-0.05, 0) is 55.9 Å². The number of aromatic nitrogens is 4. The Morgan fingerprint density at radius 1 is 0.941 bits per heavy atom. The Labute approximate surface area is 204 Å². The number of nitrogens with zero attached hydrogens (tertiary/aromatic N) is 6. The van der Waals surface area contributed by atoms with Crippen LogP contribution in [0.2, 0.25) is 5.02 Å². The van der Waals surface area contributed by atoms with Gasteiger partial charge in [0.2, 0.25) is 0 Å². The number of carbonyl (C=O) groups is 1. The van der Waals surface area contributed by atoms with Crippen molar-refractivity contribution in [3.63, 3.8) is 0 Å². The summed E-state index contributed by atoms with van der Waals surface area (Å²) in [6.45, 7) is 3.31. The zero-order chi connectivity index (χ0) is 23.1. The molecule has 0 aromatic carbocycles. The summed E-state index contributed by atoms with van der Waals surface area (Å²) in [4.78, 5) is 26.6. The Balaban J connectivity index is 1.18. The van der Waals surface area contributed by atoms with Crippen molar-refractivity contribution in [2.45, 2.75) is 50.0 Å². The zero-order valence-electron chi connectivity index (χ0n) is 19.2. The number of amides is 1. The fourth-order valence-electron chi connectivity index (χ4n) is 5.53. The molecule has 1 aliphatic carbocycles. The molecule has 7 nitrogen and oxygen atoms in total. The topological polar surface area (TPSA) is 67.2 Å². The van der Waals surface area contributed by atoms with Crippen LogP contribution < -0.4 is 4.90 Å². The van der Waals surface area contributed by atoms with Crippen LogP contribution in [0.1, 0.15) is 71.6 Å². The molecule has 3 fully saturated rings. The van der Waals surface area contributed by atoms with E-state index in [0.717, 1.165) is 75.4 Å². The lowest BCUT2D eigenvalue weighted by Gasteiger charge is -2.34. The van der Waals surface area contributed by atoms with Crippen LogP contribution in [0.3, 0.4) is 0 Å². The molecule has 1 atom stereocenters. The van der Waals surface area contributed by atoms with E-state index in [2.05, 4.69) is 25.6 Å². The maximum atomic E-state index is 13.6. The number of hydrogen-bond acceptors (Lipinski definition) is 5. The third-order valence-electron chi connectivity index (χ3n) is 7.51. The first kappa shape index (κ1) is 21.6. The lowest BCUT2D eigenvalue weighted by Crippen LogP contribution is -2.36. The van der Waals surface area contributed by atoms with E-state index >= 15 is 0 Å². The highest BCUT2D eigenvalue weighted by Gasteiger charge is 2.37. The third-order valence-corrected chi connectivity index (χ3v) is 7.80. The standard InChI is InChI=1S/C26H29ClN6O/c27-23-4-2-11-29-25(23)31-13-8-21(9-14-31)33-24(18-5-6-18)22(16-30-33)26(34)32-12-7-20(17-32)19-3-1-10-28-15-19/h1-4,10-11,15-16,18,20-21H,5-9,12-14,17H2. The molecule has 34 heavy (non-hydrogen) atoms. The first-order chi connectivity index (χ1) is 16.7. The van der Waals surface area contributed by atoms with E-state index in [0.29, 0.717) is 22.9 Å². The van der Waals surface area contributed by atoms with Crippen LogP contribution in [0.25, 0.3) is 0 Å². The first-order valence-electron chi connectivity index (χ1n) is 12.3. The molecule has 3 aliphatic rings. The molecule has 0 radical (unpaired) electrons. The minimum Gasteiger partial charge on any atom is -0.355 e. The van der Waals surface area contributed by atoms with Crippen LogP contribution in [-0.2, 0) is 0 Å². The van der Waals surface area contributed by atoms with E-state index in [1.807, 2.05) is 35.5 Å². The second kappa shape index (κ2) is 9.02. The van der Waals surface area contributed by atoms with E-state index in [-0.39, 0.29) is 5.91 Å². The molecule has 8 heteroatoms. The molecule has 1 unspecified atom stereocenters. The second-order valence-electron chi connectivity index (χ2n) is 9.71. The fourth-order valence-corrected chi connectivity index (χ4v) is 5.77. The van der Waals surface area contributed by atoms with E-state index in [1.165, 1.54) is 5.56 Å². The summed E-state index contributed by atoms with van der Waals surface area (Å²) >= 11 is 6.37. The van der Waals surface area contributed by atoms with Gasteiger partial charge in [0.25, 0.3) is 5.91 Å². The lowest BCUT2D eigenvalue weighted by atomic mass is 10.0. The minimum absolute atomic E-state index is 0.136. The lowest BCUT2D eigenvalue weighted by molar-refractivity contribution is 0.0789. The quantitative estimate of drug-likeness (QED) is 0.535. The van der Waals surface area contributed by atoms with Crippen molar-refractivity contribution in [2.75, 3.05) is 31.1 Å². The van der Waals surface area contributed by atoms with Crippen molar-refractivity contribution in [3.05, 3.63) is 70.9 Å². The molecular weight excluding hydrogens is 448 g/mol. The van der Waals surface area contributed by atoms with Gasteiger partial charge in [-0.2, -0.15) is 5.10 Å². The van der Waals surface area contributed by atoms with Crippen molar-refractivity contribution in [1.82, 2.24) is 24.6 Å². The highest BCUT2D eigenvalue weighted by atomic mass is 35.5. The summed E-state index contributed by atoms with van der Waals surface area (Å²) in [7, 11) is 0. The summed E-state index contributed by atoms with van der Waals surface area (Å²) in [5.41, 5.74) is 3.18. The number of halogens is 1. The largest absolute Gasteiger partial charge is 0.355 e. The Hall–Kier alpha value is -2.93. The maximum absolute atomic E-state index is 13.6. The van der Waals surface area contributed by atoms with Gasteiger partial charge in [-0.15, -0.1) is 0 Å². The van der Waals surface area contributed by atoms with Gasteiger partial charge in [0.1, 0.15) is 5.82 Å². The molecule has 3 aromatic heterocycles. The zero-order valence-corrected chi connectivity index (χ0v) is 19.9. The molecule has 0 spiro atoms. The number of pyridine rings is 2. The summed E-state index contributed by atoms with van der Waals surface area (Å²) in [6.07, 6.45) is 12.6. The van der Waals surface area contributed by atoms with Crippen molar-refractivity contribution in [3.8, 4) is 0 Å². The first-order valence-corrected chi connectivity index (χ1v) is 12.7. The third kappa shape index (κ3) is 4.06. The predicted octanol–water partition coefficient (Wildman–Crippen LogP) is 4.68. The van der Waals surface area contributed by atoms with Crippen molar-refractivity contribution in [1.29, 1.82) is 0 Å². The molecule has 2 saturated heterocycles. The fraction of sp³-hybridized carbons (Fsp3) is 0.462. The molecule has 0 bridgehead atoms. The van der Waals surface area contributed by atoms with Crippen LogP contribution in [0.4, 0.5) is 5.82 Å². The summed E-state index contributed by atoms with van der Waals surface area (Å²) in [5.74, 6) is 1.82. The van der Waals surface area contributed by atoms with Crippen LogP contribution in [0.5, 0.6) is 0 Å². The average molecular weight is 477 g/mol. The predicted molar refractivity (Wildman–Crippen MR) is 131 cm³/mol. The average Bonchev–Trinajstić information content (AvgIpc) is 3.42. The molecular formula is C26H29ClN6O. The van der Waals surface area contributed by atoms with Gasteiger partial charge in [0.15, 0.2) is 0 Å². The Bertz CT molecular complexity index is 1170. The molecule has 6 rings (SSSR count). The van der Waals surface area contributed by atoms with Gasteiger partial charge in [-0.25, -0.2) is 4.98 Å². The molecule has 1 amide bonds. The summed E-state index contributed by atoms with van der Waals surface area (Å²) in [6, 6.07) is 8.15. The molecule has 2 aliphatic heterocycles. The molecule has 5 heterocycles. The van der Waals surface area contributed by atoms with Gasteiger partial charge >= 0.3 is 0 Å². The Kier molecular flexibility index (Phi) is 5.73. The van der Waals surface area contributed by atoms with Crippen LogP contribution >= 0.6 is 11.6 Å². The highest BCUT2D eigenvalue weighted by Crippen LogP contribution is 2.44. The van der Waals surface area contributed by atoms with E-state index in [9.17, 15) is 4.79 Å². The smallest absolute Gasteiger partial charge is 0.257 e. The van der Waals surface area contributed by atoms with E-state index < -0.39 is 0 Å². The number of hydrogen-bond donors (Lipinski definition) is 0. The molecule has 176 valence electrons. The SMILES string of the molecule is O=C(c1cnn(C2CCN(c3ncccc3Cl)CC2)c1C1CC1)N1CCC(c2cccnc2)C1. The summed E-state index contributed by atoms with van der Waals surface area (Å²) in [5, 5.41) is 5.48. The van der Waals surface area contributed by atoms with E-state index in [1.54, 1.807) is 12.4 Å². The number of rotatable bonds is 5. The van der Waals surface area contributed by atoms with E-state index in [4.69, 9.17) is 16.7 Å². The highest BCUT2D eigenvalue weighted by molar-refractivity contribution is 6.32. The molecule has 0 N–H and O–H groups in total. The Morgan fingerprint density at radius 3 is 2.50 bits per heavy atom. The van der Waals surface area contributed by atoms with Gasteiger partial charge in [0.05, 0.1) is 28.5 Å². The number of likely N-dealkylation sites (tertiary alicyclic amines) is 1. The van der Waals surface area contributed by atoms with Gasteiger partial charge in [-0.1, -0.05) is 17.7 Å². The molecule has 3 aromatic rings. The van der Waals surface area contributed by atoms with Crippen LogP contribution in [0, 0.1) is 0 Å². The second-order valence-corrected chi connectivity index (χ2v) is 10.1. The van der Waals surface area contributed by atoms with Crippen LogP contribution in [-0.4, -0.2) is 56.7 Å². The normalized spacial score (nSPS) is 21.3. The van der Waals surface area contributed by atoms with Crippen molar-refractivity contribution >= 4 is 23.3 Å². The molecule has 1 saturated carbocycles. The number of anilines is 1. The minimum atomic E-state index is 0.136. The van der Waals surface area contributed by atoms with Gasteiger partial charge in [0, 0.05) is 56.6 Å². The summed E-state index contributed by atoms with van der Waals surface area (Å²) < 4.78 is 2.18. The number of piperidine rings is 1. The van der Waals surface area contributed by atoms with Gasteiger partial charge in [-0.3, -0.25) is 14.5 Å². The van der Waals surface area contributed by atoms with Crippen molar-refractivity contribution < 1.29 is 4.79 Å². The monoisotopic (exact) mass is 476 g/mol. The Morgan fingerprint density at radius 2 is 1.76 bits per heavy atom. The van der Waals surface area contributed by atoms with Crippen LogP contribution in [0.15, 0.2) is 49.1 Å². The number of carbonyl (C=O) groups excluding carboxylic acids is 1. The maximum Gasteiger partial charge on any atom is 0.257 e. The van der Waals surface area contributed by atoms with Crippen molar-refractivity contribution in [2.24, 2.45) is 0 Å².